The maximum atomic E-state index is 13.0. The second kappa shape index (κ2) is 7.31. The fraction of sp³-hybridized carbons (Fsp3) is 0.238. The van der Waals surface area contributed by atoms with Gasteiger partial charge in [0.2, 0.25) is 0 Å². The van der Waals surface area contributed by atoms with E-state index in [2.05, 4.69) is 31.2 Å². The number of benzene rings is 1. The van der Waals surface area contributed by atoms with Gasteiger partial charge in [-0.3, -0.25) is 14.6 Å². The number of aliphatic carboxylic acids is 1. The van der Waals surface area contributed by atoms with Gasteiger partial charge in [0, 0.05) is 34.4 Å². The van der Waals surface area contributed by atoms with Crippen LogP contribution in [0.25, 0.3) is 22.2 Å². The van der Waals surface area contributed by atoms with Crippen LogP contribution in [-0.4, -0.2) is 33.5 Å². The Hall–Kier alpha value is -2.80. The smallest absolute Gasteiger partial charge is 0.311 e. The first-order chi connectivity index (χ1) is 13.5. The molecule has 0 bridgehead atoms. The van der Waals surface area contributed by atoms with Gasteiger partial charge in [-0.2, -0.15) is 0 Å². The van der Waals surface area contributed by atoms with Gasteiger partial charge in [0.25, 0.3) is 5.91 Å². The molecule has 0 spiro atoms. The summed E-state index contributed by atoms with van der Waals surface area (Å²) in [6.45, 7) is 0.129. The number of hydrogen-bond acceptors (Lipinski definition) is 4. The zero-order chi connectivity index (χ0) is 19.7. The Morgan fingerprint density at radius 3 is 2.54 bits per heavy atom. The third kappa shape index (κ3) is 3.38. The van der Waals surface area contributed by atoms with Crippen LogP contribution in [0, 0.1) is 5.41 Å². The summed E-state index contributed by atoms with van der Waals surface area (Å²) >= 11 is 3.44. The summed E-state index contributed by atoms with van der Waals surface area (Å²) < 4.78 is 0.841. The van der Waals surface area contributed by atoms with Crippen molar-refractivity contribution in [2.24, 2.45) is 5.41 Å². The van der Waals surface area contributed by atoms with Crippen molar-refractivity contribution in [3.8, 4) is 11.3 Å². The standard InChI is InChI=1S/C21H18BrN3O3/c22-14-2-3-17-15(10-14)16(11-18(25-17)13-4-8-23-9-5-13)19(26)24-12-21(20(27)28)6-1-7-21/h2-5,8-11H,1,6-7,12H2,(H,24,26)(H,27,28). The molecule has 0 atom stereocenters. The van der Waals surface area contributed by atoms with Gasteiger partial charge in [-0.15, -0.1) is 0 Å². The monoisotopic (exact) mass is 439 g/mol. The highest BCUT2D eigenvalue weighted by atomic mass is 79.9. The molecule has 3 aromatic rings. The van der Waals surface area contributed by atoms with Crippen molar-refractivity contribution in [1.29, 1.82) is 0 Å². The molecule has 2 heterocycles. The van der Waals surface area contributed by atoms with E-state index in [1.54, 1.807) is 18.5 Å². The first-order valence-corrected chi connectivity index (χ1v) is 9.80. The number of carboxylic acid groups (broad SMARTS) is 1. The molecular formula is C21H18BrN3O3. The number of fused-ring (bicyclic) bond motifs is 1. The largest absolute Gasteiger partial charge is 0.481 e. The molecule has 1 aromatic carbocycles. The van der Waals surface area contributed by atoms with Crippen LogP contribution in [0.4, 0.5) is 0 Å². The van der Waals surface area contributed by atoms with Crippen molar-refractivity contribution in [3.05, 3.63) is 58.8 Å². The Morgan fingerprint density at radius 2 is 1.89 bits per heavy atom. The molecule has 6 nitrogen and oxygen atoms in total. The van der Waals surface area contributed by atoms with Gasteiger partial charge in [-0.25, -0.2) is 4.98 Å². The maximum absolute atomic E-state index is 13.0. The number of carbonyl (C=O) groups excluding carboxylic acids is 1. The highest BCUT2D eigenvalue weighted by Gasteiger charge is 2.44. The number of pyridine rings is 2. The second-order valence-electron chi connectivity index (χ2n) is 7.07. The lowest BCUT2D eigenvalue weighted by molar-refractivity contribution is -0.153. The van der Waals surface area contributed by atoms with E-state index < -0.39 is 11.4 Å². The molecule has 1 amide bonds. The number of amides is 1. The van der Waals surface area contributed by atoms with E-state index in [-0.39, 0.29) is 12.5 Å². The molecule has 28 heavy (non-hydrogen) atoms. The number of carboxylic acids is 1. The van der Waals surface area contributed by atoms with Crippen LogP contribution in [0.1, 0.15) is 29.6 Å². The van der Waals surface area contributed by atoms with Gasteiger partial charge in [-0.05, 0) is 49.2 Å². The topological polar surface area (TPSA) is 92.2 Å². The molecule has 0 radical (unpaired) electrons. The predicted octanol–water partition coefficient (Wildman–Crippen LogP) is 4.04. The summed E-state index contributed by atoms with van der Waals surface area (Å²) in [6, 6.07) is 11.0. The molecule has 142 valence electrons. The van der Waals surface area contributed by atoms with E-state index in [0.717, 1.165) is 16.5 Å². The molecule has 0 saturated heterocycles. The Labute approximate surface area is 170 Å². The SMILES string of the molecule is O=C(NCC1(C(=O)O)CCC1)c1cc(-c2ccncc2)nc2ccc(Br)cc12. The number of nitrogens with one attached hydrogen (secondary N) is 1. The normalized spacial score (nSPS) is 15.0. The average Bonchev–Trinajstić information content (AvgIpc) is 2.66. The summed E-state index contributed by atoms with van der Waals surface area (Å²) in [6.07, 6.45) is 5.41. The van der Waals surface area contributed by atoms with Crippen LogP contribution in [0.3, 0.4) is 0 Å². The third-order valence-corrected chi connectivity index (χ3v) is 5.84. The number of halogens is 1. The van der Waals surface area contributed by atoms with Crippen LogP contribution in [0.2, 0.25) is 0 Å². The Kier molecular flexibility index (Phi) is 4.85. The predicted molar refractivity (Wildman–Crippen MR) is 109 cm³/mol. The van der Waals surface area contributed by atoms with E-state index in [9.17, 15) is 14.7 Å². The minimum Gasteiger partial charge on any atom is -0.481 e. The van der Waals surface area contributed by atoms with Gasteiger partial charge in [0.1, 0.15) is 0 Å². The van der Waals surface area contributed by atoms with Gasteiger partial charge >= 0.3 is 5.97 Å². The molecule has 0 unspecified atom stereocenters. The van der Waals surface area contributed by atoms with Gasteiger partial charge in [0.05, 0.1) is 22.2 Å². The number of hydrogen-bond donors (Lipinski definition) is 2. The molecule has 2 aromatic heterocycles. The Morgan fingerprint density at radius 1 is 1.14 bits per heavy atom. The third-order valence-electron chi connectivity index (χ3n) is 5.34. The number of carbonyl (C=O) groups is 2. The molecule has 1 aliphatic rings. The zero-order valence-corrected chi connectivity index (χ0v) is 16.6. The lowest BCUT2D eigenvalue weighted by Crippen LogP contribution is -2.47. The summed E-state index contributed by atoms with van der Waals surface area (Å²) in [5.74, 6) is -1.15. The summed E-state index contributed by atoms with van der Waals surface area (Å²) in [7, 11) is 0. The molecule has 2 N–H and O–H groups in total. The van der Waals surface area contributed by atoms with Crippen LogP contribution >= 0.6 is 15.9 Å². The zero-order valence-electron chi connectivity index (χ0n) is 15.0. The second-order valence-corrected chi connectivity index (χ2v) is 7.99. The molecular weight excluding hydrogens is 422 g/mol. The summed E-state index contributed by atoms with van der Waals surface area (Å²) in [5, 5.41) is 13.0. The van der Waals surface area contributed by atoms with Gasteiger partial charge in [0.15, 0.2) is 0 Å². The van der Waals surface area contributed by atoms with Gasteiger partial charge in [-0.1, -0.05) is 22.4 Å². The van der Waals surface area contributed by atoms with Gasteiger partial charge < -0.3 is 10.4 Å². The average molecular weight is 440 g/mol. The molecule has 7 heteroatoms. The van der Waals surface area contributed by atoms with Crippen molar-refractivity contribution in [1.82, 2.24) is 15.3 Å². The van der Waals surface area contributed by atoms with E-state index in [1.165, 1.54) is 0 Å². The Bertz CT molecular complexity index is 1070. The molecule has 0 aliphatic heterocycles. The van der Waals surface area contributed by atoms with Crippen molar-refractivity contribution < 1.29 is 14.7 Å². The van der Waals surface area contributed by atoms with Crippen molar-refractivity contribution >= 4 is 38.7 Å². The minimum atomic E-state index is -0.848. The Balaban J connectivity index is 1.72. The molecule has 1 aliphatic carbocycles. The van der Waals surface area contributed by atoms with Crippen LogP contribution in [0.15, 0.2) is 53.3 Å². The fourth-order valence-electron chi connectivity index (χ4n) is 3.47. The van der Waals surface area contributed by atoms with E-state index >= 15 is 0 Å². The number of rotatable bonds is 5. The van der Waals surface area contributed by atoms with Crippen molar-refractivity contribution in [3.63, 3.8) is 0 Å². The van der Waals surface area contributed by atoms with Crippen molar-refractivity contribution in [2.75, 3.05) is 6.54 Å². The first kappa shape index (κ1) is 18.6. The van der Waals surface area contributed by atoms with E-state index in [4.69, 9.17) is 0 Å². The molecule has 4 rings (SSSR count). The van der Waals surface area contributed by atoms with Crippen LogP contribution < -0.4 is 5.32 Å². The number of aromatic nitrogens is 2. The molecule has 1 fully saturated rings. The lowest BCUT2D eigenvalue weighted by atomic mass is 9.69. The van der Waals surface area contributed by atoms with E-state index in [0.29, 0.717) is 35.0 Å². The number of nitrogens with zero attached hydrogens (tertiary/aromatic N) is 2. The van der Waals surface area contributed by atoms with Crippen LogP contribution in [-0.2, 0) is 4.79 Å². The highest BCUT2D eigenvalue weighted by molar-refractivity contribution is 9.10. The maximum Gasteiger partial charge on any atom is 0.311 e. The lowest BCUT2D eigenvalue weighted by Gasteiger charge is -2.37. The van der Waals surface area contributed by atoms with Crippen molar-refractivity contribution in [2.45, 2.75) is 19.3 Å². The molecule has 1 saturated carbocycles. The van der Waals surface area contributed by atoms with Crippen LogP contribution in [0.5, 0.6) is 0 Å². The highest BCUT2D eigenvalue weighted by Crippen LogP contribution is 2.40. The fourth-order valence-corrected chi connectivity index (χ4v) is 3.83. The first-order valence-electron chi connectivity index (χ1n) is 9.01. The summed E-state index contributed by atoms with van der Waals surface area (Å²) in [5.41, 5.74) is 1.85. The quantitative estimate of drug-likeness (QED) is 0.625. The van der Waals surface area contributed by atoms with E-state index in [1.807, 2.05) is 30.3 Å². The minimum absolute atomic E-state index is 0.129. The summed E-state index contributed by atoms with van der Waals surface area (Å²) in [4.78, 5) is 33.3.